The predicted molar refractivity (Wildman–Crippen MR) is 137 cm³/mol. The van der Waals surface area contributed by atoms with Gasteiger partial charge in [-0.05, 0) is 43.7 Å². The number of para-hydroxylation sites is 2. The van der Waals surface area contributed by atoms with Gasteiger partial charge in [-0.2, -0.15) is 0 Å². The summed E-state index contributed by atoms with van der Waals surface area (Å²) < 4.78 is 16.9. The molecule has 2 aromatic heterocycles. The van der Waals surface area contributed by atoms with E-state index in [4.69, 9.17) is 5.11 Å². The van der Waals surface area contributed by atoms with E-state index in [1.807, 2.05) is 41.0 Å². The van der Waals surface area contributed by atoms with E-state index >= 15 is 0 Å². The van der Waals surface area contributed by atoms with Crippen molar-refractivity contribution in [1.29, 1.82) is 0 Å². The zero-order chi connectivity index (χ0) is 24.9. The molecule has 0 saturated carbocycles. The molecule has 5 aromatic rings. The van der Waals surface area contributed by atoms with Crippen LogP contribution < -0.4 is 0 Å². The van der Waals surface area contributed by atoms with Gasteiger partial charge in [0.1, 0.15) is 0 Å². The van der Waals surface area contributed by atoms with Gasteiger partial charge in [0.15, 0.2) is 5.78 Å². The summed E-state index contributed by atoms with van der Waals surface area (Å²) in [7, 11) is 0. The second kappa shape index (κ2) is 11.8. The maximum absolute atomic E-state index is 14.9. The zero-order valence-corrected chi connectivity index (χ0v) is 22.5. The zero-order valence-electron chi connectivity index (χ0n) is 20.1. The first kappa shape index (κ1) is 26.9. The Morgan fingerprint density at radius 3 is 2.06 bits per heavy atom. The first-order chi connectivity index (χ1) is 16.9. The van der Waals surface area contributed by atoms with Crippen molar-refractivity contribution in [3.05, 3.63) is 102 Å². The van der Waals surface area contributed by atoms with Crippen LogP contribution in [0.2, 0.25) is 0 Å². The Morgan fingerprint density at radius 1 is 1.03 bits per heavy atom. The van der Waals surface area contributed by atoms with E-state index in [-0.39, 0.29) is 37.5 Å². The first-order valence-corrected chi connectivity index (χ1v) is 11.3. The molecule has 0 aliphatic rings. The summed E-state index contributed by atoms with van der Waals surface area (Å²) in [6.07, 6.45) is 5.65. The third-order valence-electron chi connectivity index (χ3n) is 5.47. The maximum atomic E-state index is 14.9. The molecule has 3 aromatic carbocycles. The van der Waals surface area contributed by atoms with Crippen molar-refractivity contribution in [2.45, 2.75) is 27.2 Å². The molecular weight excluding hydrogens is 634 g/mol. The number of aryl methyl sites for hydroxylation is 1. The van der Waals surface area contributed by atoms with Gasteiger partial charge in [0.2, 0.25) is 0 Å². The number of nitrogens with zero attached hydrogens (tertiary/aromatic N) is 3. The van der Waals surface area contributed by atoms with Gasteiger partial charge in [-0.1, -0.05) is 43.3 Å². The number of halogens is 1. The molecule has 5 nitrogen and oxygen atoms in total. The van der Waals surface area contributed by atoms with Gasteiger partial charge in [0.25, 0.3) is 0 Å². The number of carbonyl (C=O) groups excluding carboxylic acids is 1. The van der Waals surface area contributed by atoms with Crippen molar-refractivity contribution in [3.63, 3.8) is 0 Å². The van der Waals surface area contributed by atoms with Gasteiger partial charge in [0.05, 0.1) is 28.4 Å². The quantitative estimate of drug-likeness (QED) is 0.131. The Balaban J connectivity index is 0.000000400. The fraction of sp³-hybridized carbons (Fsp3) is 0.138. The standard InChI is InChI=1S/C24H17FN3.C5H8O2.Ir/c1-2-16-14-26-24(27-15-16)17-11-12-20(25)23(13-17)28-21-9-5-3-7-18(21)19-8-4-6-10-22(19)28;1-4(6)3-5(2)7;/h3-10,12-15H,2H2,1H3;3,6H,1-2H3;/q-1;;. The van der Waals surface area contributed by atoms with E-state index < -0.39 is 0 Å². The van der Waals surface area contributed by atoms with E-state index in [0.717, 1.165) is 33.8 Å². The van der Waals surface area contributed by atoms with Crippen LogP contribution in [0.5, 0.6) is 0 Å². The van der Waals surface area contributed by atoms with Gasteiger partial charge in [-0.25, -0.2) is 0 Å². The molecule has 0 unspecified atom stereocenters. The summed E-state index contributed by atoms with van der Waals surface area (Å²) in [6, 6.07) is 22.2. The van der Waals surface area contributed by atoms with Crippen molar-refractivity contribution in [3.8, 4) is 17.1 Å². The average molecular weight is 659 g/mol. The Kier molecular flexibility index (Phi) is 8.86. The molecule has 7 heteroatoms. The molecule has 0 spiro atoms. The number of fused-ring (bicyclic) bond motifs is 3. The molecule has 185 valence electrons. The summed E-state index contributed by atoms with van der Waals surface area (Å²) in [5.41, 5.74) is 4.12. The molecule has 0 aliphatic carbocycles. The molecule has 2 heterocycles. The smallest absolute Gasteiger partial charge is 0.155 e. The van der Waals surface area contributed by atoms with Gasteiger partial charge in [0, 0.05) is 49.3 Å². The van der Waals surface area contributed by atoms with Crippen molar-refractivity contribution in [1.82, 2.24) is 14.5 Å². The van der Waals surface area contributed by atoms with Crippen LogP contribution in [-0.2, 0) is 31.3 Å². The van der Waals surface area contributed by atoms with E-state index in [2.05, 4.69) is 35.1 Å². The minimum atomic E-state index is -0.333. The van der Waals surface area contributed by atoms with Crippen LogP contribution in [0.1, 0.15) is 26.3 Å². The number of hydrogen-bond donors (Lipinski definition) is 1. The number of aromatic nitrogens is 3. The number of benzene rings is 3. The van der Waals surface area contributed by atoms with Crippen LogP contribution in [0.25, 0.3) is 38.9 Å². The number of hydrogen-bond acceptors (Lipinski definition) is 4. The Morgan fingerprint density at radius 2 is 1.58 bits per heavy atom. The molecule has 0 fully saturated rings. The van der Waals surface area contributed by atoms with E-state index in [1.165, 1.54) is 26.0 Å². The number of aliphatic hydroxyl groups is 1. The van der Waals surface area contributed by atoms with Crippen molar-refractivity contribution < 1.29 is 34.4 Å². The number of allylic oxidation sites excluding steroid dienone is 2. The van der Waals surface area contributed by atoms with E-state index in [1.54, 1.807) is 18.5 Å². The molecule has 0 saturated heterocycles. The number of carbonyl (C=O) groups is 1. The molecule has 1 radical (unpaired) electrons. The third-order valence-corrected chi connectivity index (χ3v) is 5.47. The molecule has 5 rings (SSSR count). The van der Waals surface area contributed by atoms with Gasteiger partial charge >= 0.3 is 0 Å². The second-order valence-corrected chi connectivity index (χ2v) is 8.11. The van der Waals surface area contributed by atoms with Crippen LogP contribution in [-0.4, -0.2) is 25.4 Å². The summed E-state index contributed by atoms with van der Waals surface area (Å²) in [5, 5.41) is 10.5. The van der Waals surface area contributed by atoms with Crippen LogP contribution in [0, 0.1) is 11.9 Å². The van der Waals surface area contributed by atoms with Crippen molar-refractivity contribution in [2.24, 2.45) is 0 Å². The molecular formula is C29H25FIrN3O2-. The Bertz CT molecular complexity index is 1480. The van der Waals surface area contributed by atoms with Crippen LogP contribution in [0.4, 0.5) is 4.39 Å². The van der Waals surface area contributed by atoms with Gasteiger partial charge in [-0.15, -0.1) is 23.8 Å². The summed E-state index contributed by atoms with van der Waals surface area (Å²) in [5.74, 6) is 0.146. The van der Waals surface area contributed by atoms with Gasteiger partial charge < -0.3 is 9.67 Å². The summed E-state index contributed by atoms with van der Waals surface area (Å²) >= 11 is 0. The minimum Gasteiger partial charge on any atom is -0.512 e. The van der Waals surface area contributed by atoms with E-state index in [0.29, 0.717) is 17.1 Å². The predicted octanol–water partition coefficient (Wildman–Crippen LogP) is 6.78. The number of rotatable bonds is 4. The average Bonchev–Trinajstić information content (AvgIpc) is 3.18. The molecule has 0 atom stereocenters. The molecule has 0 bridgehead atoms. The van der Waals surface area contributed by atoms with Crippen molar-refractivity contribution in [2.75, 3.05) is 0 Å². The molecule has 36 heavy (non-hydrogen) atoms. The summed E-state index contributed by atoms with van der Waals surface area (Å²) in [4.78, 5) is 18.9. The number of aliphatic hydroxyl groups excluding tert-OH is 1. The van der Waals surface area contributed by atoms with Crippen LogP contribution in [0.3, 0.4) is 0 Å². The fourth-order valence-corrected chi connectivity index (χ4v) is 3.92. The first-order valence-electron chi connectivity index (χ1n) is 11.3. The normalized spacial score (nSPS) is 11.1. The topological polar surface area (TPSA) is 68.0 Å². The monoisotopic (exact) mass is 659 g/mol. The molecule has 0 aliphatic heterocycles. The SMILES string of the molecule is CC(=O)C=C(C)O.CCc1cnc(-c2[c-]cc(F)c(-n3c4ccccc4c4ccccc43)c2)nc1.[Ir]. The van der Waals surface area contributed by atoms with Crippen LogP contribution >= 0.6 is 0 Å². The maximum Gasteiger partial charge on any atom is 0.155 e. The summed E-state index contributed by atoms with van der Waals surface area (Å²) in [6.45, 7) is 4.91. The van der Waals surface area contributed by atoms with Crippen molar-refractivity contribution >= 4 is 27.6 Å². The fourth-order valence-electron chi connectivity index (χ4n) is 3.92. The number of ketones is 1. The second-order valence-electron chi connectivity index (χ2n) is 8.11. The molecule has 0 amide bonds. The largest absolute Gasteiger partial charge is 0.512 e. The molecule has 1 N–H and O–H groups in total. The Hall–Kier alpha value is -3.67. The Labute approximate surface area is 222 Å². The third kappa shape index (κ3) is 5.76. The minimum absolute atomic E-state index is 0. The van der Waals surface area contributed by atoms with Gasteiger partial charge in [-0.3, -0.25) is 19.2 Å². The van der Waals surface area contributed by atoms with Crippen LogP contribution in [0.15, 0.2) is 84.9 Å². The van der Waals surface area contributed by atoms with E-state index in [9.17, 15) is 9.18 Å².